The van der Waals surface area contributed by atoms with Crippen LogP contribution < -0.4 is 5.32 Å². The number of carbonyl (C=O) groups excluding carboxylic acids is 1. The van der Waals surface area contributed by atoms with Crippen molar-refractivity contribution >= 4 is 27.5 Å². The molecule has 0 aliphatic carbocycles. The fourth-order valence-electron chi connectivity index (χ4n) is 2.38. The molecule has 1 aromatic carbocycles. The topological polar surface area (TPSA) is 51.2 Å². The normalized spacial score (nSPS) is 20.6. The second-order valence-electron chi connectivity index (χ2n) is 4.85. The lowest BCUT2D eigenvalue weighted by Gasteiger charge is -2.19. The number of nitrogens with one attached hydrogen (secondary N) is 1. The van der Waals surface area contributed by atoms with Crippen LogP contribution in [0.2, 0.25) is 0 Å². The van der Waals surface area contributed by atoms with Gasteiger partial charge in [0.25, 0.3) is 5.91 Å². The number of rotatable bonds is 3. The Balaban J connectivity index is 1.71. The molecule has 0 unspecified atom stereocenters. The van der Waals surface area contributed by atoms with E-state index in [1.54, 1.807) is 16.8 Å². The van der Waals surface area contributed by atoms with E-state index in [1.165, 1.54) is 0 Å². The first-order chi connectivity index (χ1) is 9.24. The molecule has 3 rings (SSSR count). The molecule has 1 fully saturated rings. The summed E-state index contributed by atoms with van der Waals surface area (Å²) >= 11 is 1.55. The summed E-state index contributed by atoms with van der Waals surface area (Å²) in [6.45, 7) is 2.80. The molecule has 2 aromatic rings. The van der Waals surface area contributed by atoms with Crippen molar-refractivity contribution < 1.29 is 9.53 Å². The molecule has 0 radical (unpaired) electrons. The minimum absolute atomic E-state index is 0.0432. The second-order valence-corrected chi connectivity index (χ2v) is 5.73. The van der Waals surface area contributed by atoms with Crippen molar-refractivity contribution in [3.8, 4) is 0 Å². The van der Waals surface area contributed by atoms with Crippen LogP contribution in [0.25, 0.3) is 10.2 Å². The van der Waals surface area contributed by atoms with Crippen LogP contribution in [-0.2, 0) is 4.74 Å². The third-order valence-electron chi connectivity index (χ3n) is 3.47. The molecule has 1 aromatic heterocycles. The van der Waals surface area contributed by atoms with Gasteiger partial charge in [0.15, 0.2) is 0 Å². The maximum atomic E-state index is 12.2. The predicted molar refractivity (Wildman–Crippen MR) is 75.5 cm³/mol. The zero-order chi connectivity index (χ0) is 13.2. The summed E-state index contributed by atoms with van der Waals surface area (Å²) in [5.74, 6) is -0.0432. The van der Waals surface area contributed by atoms with Gasteiger partial charge in [-0.1, -0.05) is 0 Å². The van der Waals surface area contributed by atoms with Crippen molar-refractivity contribution in [1.29, 1.82) is 0 Å². The van der Waals surface area contributed by atoms with E-state index in [-0.39, 0.29) is 18.1 Å². The van der Waals surface area contributed by atoms with Gasteiger partial charge in [-0.2, -0.15) is 0 Å². The standard InChI is InChI=1S/C14H16N2O2S/c1-9(12-3-2-6-18-12)16-14(17)10-4-5-11-13(7-10)19-8-15-11/h4-5,7-9,12H,2-3,6H2,1H3,(H,16,17)/t9-,12+/m1/s1. The number of carbonyl (C=O) groups is 1. The summed E-state index contributed by atoms with van der Waals surface area (Å²) in [5, 5.41) is 3.02. The third-order valence-corrected chi connectivity index (χ3v) is 4.27. The number of thiazole rings is 1. The van der Waals surface area contributed by atoms with Gasteiger partial charge in [0.1, 0.15) is 0 Å². The maximum Gasteiger partial charge on any atom is 0.251 e. The lowest BCUT2D eigenvalue weighted by molar-refractivity contribution is 0.0712. The molecule has 0 bridgehead atoms. The minimum atomic E-state index is -0.0432. The average Bonchev–Trinajstić information content (AvgIpc) is 3.09. The van der Waals surface area contributed by atoms with E-state index in [4.69, 9.17) is 4.74 Å². The first-order valence-corrected chi connectivity index (χ1v) is 7.38. The highest BCUT2D eigenvalue weighted by Gasteiger charge is 2.24. The molecule has 19 heavy (non-hydrogen) atoms. The van der Waals surface area contributed by atoms with Crippen LogP contribution in [0.15, 0.2) is 23.7 Å². The molecule has 2 atom stereocenters. The highest BCUT2D eigenvalue weighted by molar-refractivity contribution is 7.16. The van der Waals surface area contributed by atoms with Crippen LogP contribution in [0.1, 0.15) is 30.1 Å². The van der Waals surface area contributed by atoms with E-state index < -0.39 is 0 Å². The van der Waals surface area contributed by atoms with Gasteiger partial charge in [0.2, 0.25) is 0 Å². The molecule has 2 heterocycles. The summed E-state index contributed by atoms with van der Waals surface area (Å²) in [4.78, 5) is 16.4. The highest BCUT2D eigenvalue weighted by atomic mass is 32.1. The number of fused-ring (bicyclic) bond motifs is 1. The van der Waals surface area contributed by atoms with Gasteiger partial charge in [-0.25, -0.2) is 4.98 Å². The van der Waals surface area contributed by atoms with Gasteiger partial charge in [-0.15, -0.1) is 11.3 Å². The molecule has 100 valence electrons. The fraction of sp³-hybridized carbons (Fsp3) is 0.429. The van der Waals surface area contributed by atoms with Gasteiger partial charge >= 0.3 is 0 Å². The maximum absolute atomic E-state index is 12.2. The smallest absolute Gasteiger partial charge is 0.251 e. The number of hydrogen-bond acceptors (Lipinski definition) is 4. The molecule has 1 amide bonds. The van der Waals surface area contributed by atoms with Gasteiger partial charge in [-0.3, -0.25) is 4.79 Å². The van der Waals surface area contributed by atoms with Gasteiger partial charge in [0, 0.05) is 12.2 Å². The SMILES string of the molecule is C[C@@H](NC(=O)c1ccc2ncsc2c1)[C@@H]1CCCO1. The molecule has 5 heteroatoms. The van der Waals surface area contributed by atoms with Crippen molar-refractivity contribution in [2.24, 2.45) is 0 Å². The van der Waals surface area contributed by atoms with Crippen LogP contribution in [0.3, 0.4) is 0 Å². The first kappa shape index (κ1) is 12.6. The predicted octanol–water partition coefficient (Wildman–Crippen LogP) is 2.59. The summed E-state index contributed by atoms with van der Waals surface area (Å²) in [6, 6.07) is 5.65. The highest BCUT2D eigenvalue weighted by Crippen LogP contribution is 2.20. The number of nitrogens with zero attached hydrogens (tertiary/aromatic N) is 1. The van der Waals surface area contributed by atoms with E-state index in [0.29, 0.717) is 5.56 Å². The largest absolute Gasteiger partial charge is 0.376 e. The van der Waals surface area contributed by atoms with Crippen LogP contribution in [0.5, 0.6) is 0 Å². The molecular formula is C14H16N2O2S. The van der Waals surface area contributed by atoms with Crippen molar-refractivity contribution in [3.05, 3.63) is 29.3 Å². The van der Waals surface area contributed by atoms with E-state index in [0.717, 1.165) is 29.7 Å². The molecule has 1 N–H and O–H groups in total. The number of aromatic nitrogens is 1. The number of hydrogen-bond donors (Lipinski definition) is 1. The number of ether oxygens (including phenoxy) is 1. The Kier molecular flexibility index (Phi) is 3.48. The Morgan fingerprint density at radius 3 is 3.26 bits per heavy atom. The number of amides is 1. The Morgan fingerprint density at radius 2 is 2.47 bits per heavy atom. The molecular weight excluding hydrogens is 260 g/mol. The lowest BCUT2D eigenvalue weighted by atomic mass is 10.1. The zero-order valence-corrected chi connectivity index (χ0v) is 11.6. The van der Waals surface area contributed by atoms with E-state index >= 15 is 0 Å². The summed E-state index contributed by atoms with van der Waals surface area (Å²) < 4.78 is 6.63. The second kappa shape index (κ2) is 5.27. The quantitative estimate of drug-likeness (QED) is 0.937. The minimum Gasteiger partial charge on any atom is -0.376 e. The summed E-state index contributed by atoms with van der Waals surface area (Å²) in [6.07, 6.45) is 2.25. The lowest BCUT2D eigenvalue weighted by Crippen LogP contribution is -2.40. The molecule has 1 saturated heterocycles. The van der Waals surface area contributed by atoms with E-state index in [9.17, 15) is 4.79 Å². The Morgan fingerprint density at radius 1 is 1.58 bits per heavy atom. The Hall–Kier alpha value is -1.46. The van der Waals surface area contributed by atoms with Crippen molar-refractivity contribution in [1.82, 2.24) is 10.3 Å². The summed E-state index contributed by atoms with van der Waals surface area (Å²) in [7, 11) is 0. The van der Waals surface area contributed by atoms with Gasteiger partial charge < -0.3 is 10.1 Å². The van der Waals surface area contributed by atoms with Crippen molar-refractivity contribution in [2.75, 3.05) is 6.61 Å². The third kappa shape index (κ3) is 2.62. The molecule has 4 nitrogen and oxygen atoms in total. The average molecular weight is 276 g/mol. The van der Waals surface area contributed by atoms with Crippen LogP contribution >= 0.6 is 11.3 Å². The van der Waals surface area contributed by atoms with Crippen LogP contribution in [0.4, 0.5) is 0 Å². The van der Waals surface area contributed by atoms with Crippen molar-refractivity contribution in [2.45, 2.75) is 31.9 Å². The van der Waals surface area contributed by atoms with E-state index in [2.05, 4.69) is 10.3 Å². The monoisotopic (exact) mass is 276 g/mol. The van der Waals surface area contributed by atoms with Gasteiger partial charge in [-0.05, 0) is 38.0 Å². The zero-order valence-electron chi connectivity index (χ0n) is 10.8. The van der Waals surface area contributed by atoms with Crippen LogP contribution in [-0.4, -0.2) is 29.6 Å². The molecule has 1 aliphatic rings. The summed E-state index contributed by atoms with van der Waals surface area (Å²) in [5.41, 5.74) is 3.41. The Labute approximate surface area is 115 Å². The van der Waals surface area contributed by atoms with Crippen LogP contribution in [0, 0.1) is 0 Å². The number of benzene rings is 1. The molecule has 0 saturated carbocycles. The first-order valence-electron chi connectivity index (χ1n) is 6.50. The fourth-order valence-corrected chi connectivity index (χ4v) is 3.09. The van der Waals surface area contributed by atoms with E-state index in [1.807, 2.05) is 25.1 Å². The molecule has 0 spiro atoms. The Bertz CT molecular complexity index is 590. The molecule has 1 aliphatic heterocycles. The van der Waals surface area contributed by atoms with Crippen molar-refractivity contribution in [3.63, 3.8) is 0 Å². The van der Waals surface area contributed by atoms with Gasteiger partial charge in [0.05, 0.1) is 27.9 Å².